The van der Waals surface area contributed by atoms with Gasteiger partial charge in [-0.25, -0.2) is 0 Å². The van der Waals surface area contributed by atoms with E-state index in [9.17, 15) is 0 Å². The molecule has 0 aromatic rings. The molecule has 1 heterocycles. The maximum absolute atomic E-state index is 6.34. The minimum atomic E-state index is -0.0351. The lowest BCUT2D eigenvalue weighted by atomic mass is 9.82. The van der Waals surface area contributed by atoms with E-state index in [0.29, 0.717) is 6.10 Å². The number of hydrogen-bond acceptors (Lipinski definition) is 3. The molecule has 3 heteroatoms. The predicted molar refractivity (Wildman–Crippen MR) is 117 cm³/mol. The Balaban J connectivity index is 2.54. The van der Waals surface area contributed by atoms with Gasteiger partial charge in [-0.15, -0.1) is 0 Å². The maximum atomic E-state index is 6.34. The van der Waals surface area contributed by atoms with E-state index in [0.717, 1.165) is 51.5 Å². The minimum Gasteiger partial charge on any atom is -0.376 e. The summed E-state index contributed by atoms with van der Waals surface area (Å²) in [5, 5.41) is 0. The van der Waals surface area contributed by atoms with Gasteiger partial charge in [0.15, 0.2) is 0 Å². The number of hydrogen-bond donors (Lipinski definition) is 0. The molecule has 0 N–H and O–H groups in total. The molecule has 0 aliphatic carbocycles. The molecule has 0 spiro atoms. The van der Waals surface area contributed by atoms with Crippen molar-refractivity contribution < 1.29 is 9.47 Å². The second kappa shape index (κ2) is 12.4. The molecule has 162 valence electrons. The summed E-state index contributed by atoms with van der Waals surface area (Å²) in [5.41, 5.74) is 0.136. The van der Waals surface area contributed by atoms with Crippen molar-refractivity contribution in [1.82, 2.24) is 4.90 Å². The summed E-state index contributed by atoms with van der Waals surface area (Å²) < 4.78 is 12.6. The Bertz CT molecular complexity index is 381. The van der Waals surface area contributed by atoms with Gasteiger partial charge in [-0.05, 0) is 57.4 Å². The van der Waals surface area contributed by atoms with E-state index in [2.05, 4.69) is 53.4 Å². The van der Waals surface area contributed by atoms with Gasteiger partial charge < -0.3 is 14.4 Å². The zero-order valence-electron chi connectivity index (χ0n) is 19.6. The van der Waals surface area contributed by atoms with Crippen molar-refractivity contribution in [2.24, 2.45) is 11.3 Å². The summed E-state index contributed by atoms with van der Waals surface area (Å²) in [6, 6.07) is 0. The first-order valence-electron chi connectivity index (χ1n) is 11.7. The van der Waals surface area contributed by atoms with Crippen molar-refractivity contribution in [3.8, 4) is 0 Å². The van der Waals surface area contributed by atoms with E-state index >= 15 is 0 Å². The predicted octanol–water partition coefficient (Wildman–Crippen LogP) is 6.31. The van der Waals surface area contributed by atoms with Crippen molar-refractivity contribution in [3.05, 3.63) is 0 Å². The third kappa shape index (κ3) is 10.3. The maximum Gasteiger partial charge on any atom is 0.0638 e. The van der Waals surface area contributed by atoms with Crippen LogP contribution in [0.1, 0.15) is 99.8 Å². The van der Waals surface area contributed by atoms with Gasteiger partial charge in [0.05, 0.1) is 18.3 Å². The zero-order chi connectivity index (χ0) is 20.3. The molecule has 1 saturated heterocycles. The molecule has 1 aliphatic heterocycles. The molecule has 2 unspecified atom stereocenters. The Hall–Kier alpha value is -0.120. The number of rotatable bonds is 8. The lowest BCUT2D eigenvalue weighted by molar-refractivity contribution is -0.0823. The highest BCUT2D eigenvalue weighted by molar-refractivity contribution is 4.80. The van der Waals surface area contributed by atoms with E-state index < -0.39 is 0 Å². The van der Waals surface area contributed by atoms with Gasteiger partial charge in [0.2, 0.25) is 0 Å². The van der Waals surface area contributed by atoms with Crippen LogP contribution in [0.15, 0.2) is 0 Å². The molecule has 0 radical (unpaired) electrons. The Morgan fingerprint density at radius 3 is 2.37 bits per heavy atom. The van der Waals surface area contributed by atoms with Crippen LogP contribution in [-0.4, -0.2) is 49.5 Å². The Morgan fingerprint density at radius 1 is 0.963 bits per heavy atom. The van der Waals surface area contributed by atoms with Gasteiger partial charge in [0.25, 0.3) is 0 Å². The molecule has 3 nitrogen and oxygen atoms in total. The molecular formula is C24H49NO2. The highest BCUT2D eigenvalue weighted by Crippen LogP contribution is 2.31. The van der Waals surface area contributed by atoms with Gasteiger partial charge in [-0.1, -0.05) is 60.3 Å². The van der Waals surface area contributed by atoms with Gasteiger partial charge in [0, 0.05) is 19.7 Å². The van der Waals surface area contributed by atoms with Crippen LogP contribution in [0.3, 0.4) is 0 Å². The molecule has 0 amide bonds. The van der Waals surface area contributed by atoms with Gasteiger partial charge in [-0.2, -0.15) is 0 Å². The average Bonchev–Trinajstić information content (AvgIpc) is 2.60. The molecule has 0 bridgehead atoms. The van der Waals surface area contributed by atoms with Gasteiger partial charge in [-0.3, -0.25) is 0 Å². The SMILES string of the molecule is CCC(C)CCCCCN1CCOC(CC)C(C)(C)CCOC(C)(C)CC1. The lowest BCUT2D eigenvalue weighted by Gasteiger charge is -2.37. The summed E-state index contributed by atoms with van der Waals surface area (Å²) in [7, 11) is 0. The molecule has 2 atom stereocenters. The first-order valence-corrected chi connectivity index (χ1v) is 11.7. The lowest BCUT2D eigenvalue weighted by Crippen LogP contribution is -2.40. The molecule has 0 aromatic heterocycles. The largest absolute Gasteiger partial charge is 0.376 e. The van der Waals surface area contributed by atoms with Crippen LogP contribution in [-0.2, 0) is 9.47 Å². The minimum absolute atomic E-state index is 0.0351. The summed E-state index contributed by atoms with van der Waals surface area (Å²) in [4.78, 5) is 2.61. The van der Waals surface area contributed by atoms with E-state index in [1.165, 1.54) is 38.6 Å². The average molecular weight is 384 g/mol. The van der Waals surface area contributed by atoms with Crippen LogP contribution in [0.5, 0.6) is 0 Å². The summed E-state index contributed by atoms with van der Waals surface area (Å²) >= 11 is 0. The quantitative estimate of drug-likeness (QED) is 0.459. The fourth-order valence-electron chi connectivity index (χ4n) is 4.02. The Morgan fingerprint density at radius 2 is 1.70 bits per heavy atom. The van der Waals surface area contributed by atoms with Crippen LogP contribution in [0, 0.1) is 11.3 Å². The Labute approximate surface area is 170 Å². The van der Waals surface area contributed by atoms with E-state index in [1.807, 2.05) is 0 Å². The van der Waals surface area contributed by atoms with Crippen LogP contribution < -0.4 is 0 Å². The fraction of sp³-hybridized carbons (Fsp3) is 1.00. The summed E-state index contributed by atoms with van der Waals surface area (Å²) in [5.74, 6) is 0.882. The molecule has 1 aliphatic rings. The monoisotopic (exact) mass is 383 g/mol. The second-order valence-corrected chi connectivity index (χ2v) is 10.1. The van der Waals surface area contributed by atoms with Crippen LogP contribution in [0.25, 0.3) is 0 Å². The highest BCUT2D eigenvalue weighted by atomic mass is 16.5. The summed E-state index contributed by atoms with van der Waals surface area (Å²) in [6.45, 7) is 21.1. The van der Waals surface area contributed by atoms with Crippen molar-refractivity contribution in [2.45, 2.75) is 112 Å². The second-order valence-electron chi connectivity index (χ2n) is 10.1. The van der Waals surface area contributed by atoms with E-state index in [4.69, 9.17) is 9.47 Å². The van der Waals surface area contributed by atoms with Crippen LogP contribution >= 0.6 is 0 Å². The summed E-state index contributed by atoms with van der Waals surface area (Å²) in [6.07, 6.45) is 10.3. The third-order valence-corrected chi connectivity index (χ3v) is 6.61. The normalized spacial score (nSPS) is 26.1. The third-order valence-electron chi connectivity index (χ3n) is 6.61. The molecule has 1 rings (SSSR count). The molecular weight excluding hydrogens is 334 g/mol. The number of ether oxygens (including phenoxy) is 2. The van der Waals surface area contributed by atoms with E-state index in [1.54, 1.807) is 0 Å². The molecule has 0 saturated carbocycles. The standard InChI is InChI=1S/C24H49NO2/c1-8-21(3)13-11-10-12-16-25-17-14-24(6,7)27-19-15-23(4,5)22(9-2)26-20-18-25/h21-22H,8-20H2,1-7H3. The van der Waals surface area contributed by atoms with E-state index in [-0.39, 0.29) is 11.0 Å². The Kier molecular flexibility index (Phi) is 11.5. The van der Waals surface area contributed by atoms with Crippen molar-refractivity contribution >= 4 is 0 Å². The van der Waals surface area contributed by atoms with Gasteiger partial charge >= 0.3 is 0 Å². The first-order chi connectivity index (χ1) is 12.7. The van der Waals surface area contributed by atoms with Crippen molar-refractivity contribution in [2.75, 3.05) is 32.8 Å². The van der Waals surface area contributed by atoms with Crippen molar-refractivity contribution in [3.63, 3.8) is 0 Å². The molecule has 27 heavy (non-hydrogen) atoms. The topological polar surface area (TPSA) is 21.7 Å². The van der Waals surface area contributed by atoms with Crippen LogP contribution in [0.2, 0.25) is 0 Å². The zero-order valence-corrected chi connectivity index (χ0v) is 19.6. The van der Waals surface area contributed by atoms with Gasteiger partial charge in [0.1, 0.15) is 0 Å². The fourth-order valence-corrected chi connectivity index (χ4v) is 4.02. The molecule has 0 aromatic carbocycles. The molecule has 1 fully saturated rings. The number of unbranched alkanes of at least 4 members (excludes halogenated alkanes) is 2. The van der Waals surface area contributed by atoms with Crippen LogP contribution in [0.4, 0.5) is 0 Å². The smallest absolute Gasteiger partial charge is 0.0638 e. The highest BCUT2D eigenvalue weighted by Gasteiger charge is 2.30. The van der Waals surface area contributed by atoms with Crippen molar-refractivity contribution in [1.29, 1.82) is 0 Å². The first kappa shape index (κ1) is 24.9. The number of nitrogens with zero attached hydrogens (tertiary/aromatic N) is 1.